The fourth-order valence-corrected chi connectivity index (χ4v) is 3.86. The lowest BCUT2D eigenvalue weighted by Gasteiger charge is -2.15. The van der Waals surface area contributed by atoms with Gasteiger partial charge in [0.1, 0.15) is 0 Å². The monoisotopic (exact) mass is 381 g/mol. The van der Waals surface area contributed by atoms with E-state index in [0.29, 0.717) is 26.9 Å². The van der Waals surface area contributed by atoms with E-state index in [-0.39, 0.29) is 17.9 Å². The van der Waals surface area contributed by atoms with Gasteiger partial charge >= 0.3 is 12.1 Å². The van der Waals surface area contributed by atoms with Crippen LogP contribution in [0.25, 0.3) is 21.8 Å². The molecule has 0 atom stereocenters. The number of para-hydroxylation sites is 1. The Morgan fingerprint density at radius 1 is 1.27 bits per heavy atom. The van der Waals surface area contributed by atoms with Gasteiger partial charge in [-0.2, -0.15) is 13.2 Å². The molecule has 0 amide bonds. The highest BCUT2D eigenvalue weighted by molar-refractivity contribution is 7.98. The summed E-state index contributed by atoms with van der Waals surface area (Å²) in [6.45, 7) is 3.41. The topological polar surface area (TPSA) is 42.1 Å². The van der Waals surface area contributed by atoms with E-state index in [1.807, 2.05) is 0 Å². The number of thioether (sulfide) groups is 1. The Morgan fingerprint density at radius 2 is 1.96 bits per heavy atom. The van der Waals surface area contributed by atoms with Gasteiger partial charge in [0.2, 0.25) is 0 Å². The standard InChI is InChI=1S/C19H18F3NO2S/c1-10(2)25-15(24)9-11-8-13(19(20,21)22)16-12-6-4-5-7-14(12)23-17(16)18(11)26-3/h4-8,10,23H,9H2,1-3H3. The van der Waals surface area contributed by atoms with Crippen molar-refractivity contribution in [3.63, 3.8) is 0 Å². The minimum atomic E-state index is -4.53. The van der Waals surface area contributed by atoms with Crippen molar-refractivity contribution in [3.8, 4) is 0 Å². The summed E-state index contributed by atoms with van der Waals surface area (Å²) in [5.74, 6) is -0.543. The van der Waals surface area contributed by atoms with Crippen LogP contribution in [-0.4, -0.2) is 23.3 Å². The number of halogens is 3. The predicted molar refractivity (Wildman–Crippen MR) is 97.5 cm³/mol. The summed E-state index contributed by atoms with van der Waals surface area (Å²) < 4.78 is 46.4. The van der Waals surface area contributed by atoms with Crippen molar-refractivity contribution >= 4 is 39.5 Å². The fourth-order valence-electron chi connectivity index (χ4n) is 3.11. The number of H-pyrrole nitrogens is 1. The molecule has 3 rings (SSSR count). The molecule has 2 aromatic carbocycles. The second kappa shape index (κ2) is 6.87. The molecule has 0 bridgehead atoms. The number of aromatic nitrogens is 1. The van der Waals surface area contributed by atoms with Gasteiger partial charge in [0, 0.05) is 21.2 Å². The second-order valence-corrected chi connectivity index (χ2v) is 7.07. The van der Waals surface area contributed by atoms with Gasteiger partial charge in [-0.1, -0.05) is 18.2 Å². The van der Waals surface area contributed by atoms with E-state index in [4.69, 9.17) is 4.74 Å². The second-order valence-electron chi connectivity index (χ2n) is 6.25. The van der Waals surface area contributed by atoms with Crippen LogP contribution in [0.1, 0.15) is 25.0 Å². The number of carbonyl (C=O) groups is 1. The minimum absolute atomic E-state index is 0.137. The number of nitrogens with one attached hydrogen (secondary N) is 1. The molecule has 1 aromatic heterocycles. The van der Waals surface area contributed by atoms with Gasteiger partial charge in [-0.25, -0.2) is 0 Å². The van der Waals surface area contributed by atoms with Gasteiger partial charge in [0.15, 0.2) is 0 Å². The zero-order chi connectivity index (χ0) is 19.1. The molecule has 0 aliphatic rings. The third kappa shape index (κ3) is 3.40. The van der Waals surface area contributed by atoms with Crippen molar-refractivity contribution < 1.29 is 22.7 Å². The summed E-state index contributed by atoms with van der Waals surface area (Å²) in [5.41, 5.74) is 0.607. The number of alkyl halides is 3. The third-order valence-electron chi connectivity index (χ3n) is 4.02. The zero-order valence-corrected chi connectivity index (χ0v) is 15.3. The van der Waals surface area contributed by atoms with Gasteiger partial charge < -0.3 is 9.72 Å². The van der Waals surface area contributed by atoms with Crippen molar-refractivity contribution in [2.75, 3.05) is 6.26 Å². The van der Waals surface area contributed by atoms with Crippen molar-refractivity contribution in [1.82, 2.24) is 4.98 Å². The molecule has 0 spiro atoms. The van der Waals surface area contributed by atoms with Gasteiger partial charge in [-0.3, -0.25) is 4.79 Å². The first-order valence-corrected chi connectivity index (χ1v) is 9.31. The molecule has 1 heterocycles. The highest BCUT2D eigenvalue weighted by Crippen LogP contribution is 2.43. The van der Waals surface area contributed by atoms with Crippen LogP contribution in [0.3, 0.4) is 0 Å². The van der Waals surface area contributed by atoms with E-state index < -0.39 is 17.7 Å². The largest absolute Gasteiger partial charge is 0.463 e. The van der Waals surface area contributed by atoms with Crippen LogP contribution in [0.2, 0.25) is 0 Å². The van der Waals surface area contributed by atoms with Crippen LogP contribution in [0, 0.1) is 0 Å². The molecule has 0 aliphatic heterocycles. The van der Waals surface area contributed by atoms with E-state index in [0.717, 1.165) is 6.07 Å². The van der Waals surface area contributed by atoms with E-state index in [2.05, 4.69) is 4.98 Å². The Hall–Kier alpha value is -2.15. The Balaban J connectivity index is 2.29. The molecule has 0 saturated heterocycles. The van der Waals surface area contributed by atoms with Crippen LogP contribution in [0.15, 0.2) is 35.2 Å². The number of ether oxygens (including phenoxy) is 1. The quantitative estimate of drug-likeness (QED) is 0.475. The van der Waals surface area contributed by atoms with Crippen LogP contribution in [-0.2, 0) is 22.1 Å². The summed E-state index contributed by atoms with van der Waals surface area (Å²) in [4.78, 5) is 15.8. The Kier molecular flexibility index (Phi) is 4.92. The number of fused-ring (bicyclic) bond motifs is 3. The lowest BCUT2D eigenvalue weighted by molar-refractivity contribution is -0.146. The maximum absolute atomic E-state index is 13.7. The highest BCUT2D eigenvalue weighted by atomic mass is 32.2. The Bertz CT molecular complexity index is 976. The summed E-state index contributed by atoms with van der Waals surface area (Å²) in [7, 11) is 0. The lowest BCUT2D eigenvalue weighted by atomic mass is 10.0. The van der Waals surface area contributed by atoms with Crippen LogP contribution >= 0.6 is 11.8 Å². The molecule has 0 unspecified atom stereocenters. The van der Waals surface area contributed by atoms with Gasteiger partial charge in [-0.05, 0) is 37.8 Å². The SMILES string of the molecule is CSc1c(CC(=O)OC(C)C)cc(C(F)(F)F)c2c1[nH]c1ccccc12. The first-order valence-electron chi connectivity index (χ1n) is 8.09. The number of benzene rings is 2. The van der Waals surface area contributed by atoms with Crippen LogP contribution < -0.4 is 0 Å². The Morgan fingerprint density at radius 3 is 2.58 bits per heavy atom. The molecular weight excluding hydrogens is 363 g/mol. The van der Waals surface area contributed by atoms with Crippen molar-refractivity contribution in [1.29, 1.82) is 0 Å². The molecule has 3 nitrogen and oxygen atoms in total. The van der Waals surface area contributed by atoms with Crippen molar-refractivity contribution in [3.05, 3.63) is 41.5 Å². The number of rotatable bonds is 4. The van der Waals surface area contributed by atoms with E-state index >= 15 is 0 Å². The average molecular weight is 381 g/mol. The zero-order valence-electron chi connectivity index (χ0n) is 14.5. The van der Waals surface area contributed by atoms with Gasteiger partial charge in [0.25, 0.3) is 0 Å². The molecule has 0 radical (unpaired) electrons. The van der Waals surface area contributed by atoms with E-state index in [1.54, 1.807) is 44.4 Å². The maximum Gasteiger partial charge on any atom is 0.417 e. The molecule has 0 fully saturated rings. The molecule has 1 N–H and O–H groups in total. The number of hydrogen-bond donors (Lipinski definition) is 1. The number of carbonyl (C=O) groups excluding carboxylic acids is 1. The molecule has 7 heteroatoms. The smallest absolute Gasteiger partial charge is 0.417 e. The molecule has 0 saturated carbocycles. The van der Waals surface area contributed by atoms with E-state index in [1.165, 1.54) is 11.8 Å². The minimum Gasteiger partial charge on any atom is -0.463 e. The Labute approximate surface area is 152 Å². The fraction of sp³-hybridized carbons (Fsp3) is 0.316. The molecule has 0 aliphatic carbocycles. The third-order valence-corrected chi connectivity index (χ3v) is 4.90. The molecule has 138 valence electrons. The summed E-state index contributed by atoms with van der Waals surface area (Å²) in [6.07, 6.45) is -3.27. The maximum atomic E-state index is 13.7. The van der Waals surface area contributed by atoms with E-state index in [9.17, 15) is 18.0 Å². The van der Waals surface area contributed by atoms with Crippen LogP contribution in [0.4, 0.5) is 13.2 Å². The number of hydrogen-bond acceptors (Lipinski definition) is 3. The summed E-state index contributed by atoms with van der Waals surface area (Å²) in [5, 5.41) is 0.653. The summed E-state index contributed by atoms with van der Waals surface area (Å²) >= 11 is 1.31. The molecule has 3 aromatic rings. The average Bonchev–Trinajstić information content (AvgIpc) is 2.91. The highest BCUT2D eigenvalue weighted by Gasteiger charge is 2.35. The predicted octanol–water partition coefficient (Wildman–Crippen LogP) is 5.56. The molecule has 26 heavy (non-hydrogen) atoms. The first-order chi connectivity index (χ1) is 12.2. The first kappa shape index (κ1) is 18.6. The lowest BCUT2D eigenvalue weighted by Crippen LogP contribution is -2.15. The number of esters is 1. The normalized spacial score (nSPS) is 12.3. The van der Waals surface area contributed by atoms with Gasteiger partial charge in [-0.15, -0.1) is 11.8 Å². The number of aromatic amines is 1. The molecular formula is C19H18F3NO2S. The van der Waals surface area contributed by atoms with Gasteiger partial charge in [0.05, 0.1) is 23.6 Å². The van der Waals surface area contributed by atoms with Crippen molar-refractivity contribution in [2.24, 2.45) is 0 Å². The van der Waals surface area contributed by atoms with Crippen LogP contribution in [0.5, 0.6) is 0 Å². The van der Waals surface area contributed by atoms with Crippen molar-refractivity contribution in [2.45, 2.75) is 37.4 Å². The summed E-state index contributed by atoms with van der Waals surface area (Å²) in [6, 6.07) is 7.97.